The van der Waals surface area contributed by atoms with Gasteiger partial charge in [0.05, 0.1) is 11.9 Å². The highest BCUT2D eigenvalue weighted by Gasteiger charge is 2.40. The Morgan fingerprint density at radius 3 is 2.58 bits per heavy atom. The zero-order valence-corrected chi connectivity index (χ0v) is 9.90. The molecule has 0 fully saturated rings. The van der Waals surface area contributed by atoms with Crippen LogP contribution in [0.4, 0.5) is 13.2 Å². The van der Waals surface area contributed by atoms with Crippen LogP contribution in [0.3, 0.4) is 0 Å². The lowest BCUT2D eigenvalue weighted by molar-refractivity contribution is -0.143. The van der Waals surface area contributed by atoms with Gasteiger partial charge in [-0.1, -0.05) is 17.7 Å². The van der Waals surface area contributed by atoms with E-state index in [4.69, 9.17) is 16.7 Å². The minimum absolute atomic E-state index is 0.0346. The van der Waals surface area contributed by atoms with Gasteiger partial charge in [-0.05, 0) is 18.2 Å². The lowest BCUT2D eigenvalue weighted by atomic mass is 10.2. The third-order valence-electron chi connectivity index (χ3n) is 2.32. The van der Waals surface area contributed by atoms with E-state index in [2.05, 4.69) is 5.10 Å². The first-order valence-corrected chi connectivity index (χ1v) is 5.33. The molecular weight excluding hydrogens is 285 g/mol. The van der Waals surface area contributed by atoms with Crippen LogP contribution in [-0.2, 0) is 6.18 Å². The number of rotatable bonds is 2. The summed E-state index contributed by atoms with van der Waals surface area (Å²) in [5.41, 5.74) is -2.22. The SMILES string of the molecule is O=C(O)c1cnn(-c2cccc(Cl)c2)c1C(F)(F)F. The second kappa shape index (κ2) is 4.58. The summed E-state index contributed by atoms with van der Waals surface area (Å²) in [6.45, 7) is 0. The van der Waals surface area contributed by atoms with Gasteiger partial charge in [0.15, 0.2) is 5.69 Å². The van der Waals surface area contributed by atoms with Crippen molar-refractivity contribution >= 4 is 17.6 Å². The second-order valence-corrected chi connectivity index (χ2v) is 4.04. The van der Waals surface area contributed by atoms with Gasteiger partial charge in [0.25, 0.3) is 0 Å². The van der Waals surface area contributed by atoms with Gasteiger partial charge in [0.2, 0.25) is 0 Å². The average Bonchev–Trinajstić information content (AvgIpc) is 2.73. The maximum Gasteiger partial charge on any atom is 0.434 e. The fraction of sp³-hybridized carbons (Fsp3) is 0.0909. The Bertz CT molecular complexity index is 637. The molecule has 2 rings (SSSR count). The standard InChI is InChI=1S/C11H6ClF3N2O2/c12-6-2-1-3-7(4-6)17-9(11(13,14)15)8(5-16-17)10(18)19/h1-5H,(H,18,19). The Morgan fingerprint density at radius 2 is 2.05 bits per heavy atom. The lowest BCUT2D eigenvalue weighted by Crippen LogP contribution is -2.17. The van der Waals surface area contributed by atoms with E-state index in [1.54, 1.807) is 0 Å². The summed E-state index contributed by atoms with van der Waals surface area (Å²) < 4.78 is 39.3. The number of hydrogen-bond donors (Lipinski definition) is 1. The first-order valence-electron chi connectivity index (χ1n) is 4.95. The predicted molar refractivity (Wildman–Crippen MR) is 60.5 cm³/mol. The van der Waals surface area contributed by atoms with Gasteiger partial charge < -0.3 is 5.11 Å². The van der Waals surface area contributed by atoms with Crippen LogP contribution in [0.15, 0.2) is 30.5 Å². The molecule has 0 saturated heterocycles. The predicted octanol–water partition coefficient (Wildman–Crippen LogP) is 3.24. The molecule has 100 valence electrons. The molecule has 0 unspecified atom stereocenters. The molecule has 1 heterocycles. The molecule has 0 aliphatic carbocycles. The Morgan fingerprint density at radius 1 is 1.37 bits per heavy atom. The normalized spacial score (nSPS) is 11.6. The van der Waals surface area contributed by atoms with Crippen molar-refractivity contribution in [2.24, 2.45) is 0 Å². The average molecular weight is 291 g/mol. The molecule has 1 aromatic heterocycles. The van der Waals surface area contributed by atoms with Crippen LogP contribution in [0.1, 0.15) is 16.1 Å². The number of halogens is 4. The number of carbonyl (C=O) groups is 1. The van der Waals surface area contributed by atoms with Crippen molar-refractivity contribution in [3.8, 4) is 5.69 Å². The number of carboxylic acids is 1. The molecule has 0 spiro atoms. The minimum Gasteiger partial charge on any atom is -0.478 e. The van der Waals surface area contributed by atoms with E-state index in [1.165, 1.54) is 24.3 Å². The Balaban J connectivity index is 2.68. The number of alkyl halides is 3. The first kappa shape index (κ1) is 13.4. The minimum atomic E-state index is -4.84. The van der Waals surface area contributed by atoms with Gasteiger partial charge in [-0.3, -0.25) is 0 Å². The Hall–Kier alpha value is -2.02. The van der Waals surface area contributed by atoms with Crippen molar-refractivity contribution in [3.05, 3.63) is 46.7 Å². The van der Waals surface area contributed by atoms with Gasteiger partial charge in [-0.25, -0.2) is 9.48 Å². The molecule has 0 aliphatic rings. The van der Waals surface area contributed by atoms with Gasteiger partial charge in [0.1, 0.15) is 5.56 Å². The zero-order chi connectivity index (χ0) is 14.2. The number of nitrogens with zero attached hydrogens (tertiary/aromatic N) is 2. The molecule has 0 amide bonds. The van der Waals surface area contributed by atoms with E-state index in [1.807, 2.05) is 0 Å². The van der Waals surface area contributed by atoms with Gasteiger partial charge >= 0.3 is 12.1 Å². The second-order valence-electron chi connectivity index (χ2n) is 3.60. The fourth-order valence-electron chi connectivity index (χ4n) is 1.58. The number of benzene rings is 1. The summed E-state index contributed by atoms with van der Waals surface area (Å²) >= 11 is 5.69. The molecule has 19 heavy (non-hydrogen) atoms. The van der Waals surface area contributed by atoms with Crippen molar-refractivity contribution in [3.63, 3.8) is 0 Å². The number of aromatic nitrogens is 2. The van der Waals surface area contributed by atoms with E-state index in [0.29, 0.717) is 10.9 Å². The summed E-state index contributed by atoms with van der Waals surface area (Å²) in [5, 5.41) is 12.5. The maximum absolute atomic E-state index is 12.9. The highest BCUT2D eigenvalue weighted by atomic mass is 35.5. The third kappa shape index (κ3) is 2.55. The van der Waals surface area contributed by atoms with Crippen molar-refractivity contribution in [1.82, 2.24) is 9.78 Å². The molecule has 1 N–H and O–H groups in total. The third-order valence-corrected chi connectivity index (χ3v) is 2.56. The van der Waals surface area contributed by atoms with E-state index in [9.17, 15) is 18.0 Å². The van der Waals surface area contributed by atoms with Crippen LogP contribution < -0.4 is 0 Å². The summed E-state index contributed by atoms with van der Waals surface area (Å²) in [5.74, 6) is -1.69. The van der Waals surface area contributed by atoms with Crippen LogP contribution >= 0.6 is 11.6 Å². The molecule has 4 nitrogen and oxygen atoms in total. The number of aromatic carboxylic acids is 1. The Labute approximate surface area is 110 Å². The van der Waals surface area contributed by atoms with Gasteiger partial charge in [0, 0.05) is 5.02 Å². The van der Waals surface area contributed by atoms with Crippen LogP contribution in [0.25, 0.3) is 5.69 Å². The van der Waals surface area contributed by atoms with Crippen molar-refractivity contribution in [2.75, 3.05) is 0 Å². The van der Waals surface area contributed by atoms with Crippen molar-refractivity contribution in [1.29, 1.82) is 0 Å². The smallest absolute Gasteiger partial charge is 0.434 e. The topological polar surface area (TPSA) is 55.1 Å². The van der Waals surface area contributed by atoms with Crippen molar-refractivity contribution in [2.45, 2.75) is 6.18 Å². The van der Waals surface area contributed by atoms with E-state index < -0.39 is 23.4 Å². The monoisotopic (exact) mass is 290 g/mol. The fourth-order valence-corrected chi connectivity index (χ4v) is 1.77. The quantitative estimate of drug-likeness (QED) is 0.924. The number of hydrogen-bond acceptors (Lipinski definition) is 2. The van der Waals surface area contributed by atoms with E-state index in [0.717, 1.165) is 0 Å². The largest absolute Gasteiger partial charge is 0.478 e. The molecular formula is C11H6ClF3N2O2. The van der Waals surface area contributed by atoms with Crippen LogP contribution in [0.2, 0.25) is 5.02 Å². The van der Waals surface area contributed by atoms with Crippen LogP contribution in [0, 0.1) is 0 Å². The maximum atomic E-state index is 12.9. The molecule has 0 radical (unpaired) electrons. The van der Waals surface area contributed by atoms with Crippen LogP contribution in [0.5, 0.6) is 0 Å². The Kier molecular flexibility index (Phi) is 3.23. The highest BCUT2D eigenvalue weighted by Crippen LogP contribution is 2.33. The zero-order valence-electron chi connectivity index (χ0n) is 9.15. The lowest BCUT2D eigenvalue weighted by Gasteiger charge is -2.11. The summed E-state index contributed by atoms with van der Waals surface area (Å²) in [6.07, 6.45) is -4.18. The molecule has 0 atom stereocenters. The number of carboxylic acid groups (broad SMARTS) is 1. The summed E-state index contributed by atoms with van der Waals surface area (Å²) in [6, 6.07) is 5.54. The van der Waals surface area contributed by atoms with Crippen molar-refractivity contribution < 1.29 is 23.1 Å². The molecule has 0 saturated carbocycles. The van der Waals surface area contributed by atoms with Gasteiger partial charge in [-0.2, -0.15) is 18.3 Å². The highest BCUT2D eigenvalue weighted by molar-refractivity contribution is 6.30. The van der Waals surface area contributed by atoms with Gasteiger partial charge in [-0.15, -0.1) is 0 Å². The molecule has 8 heteroatoms. The molecule has 1 aromatic carbocycles. The summed E-state index contributed by atoms with van der Waals surface area (Å²) in [7, 11) is 0. The molecule has 2 aromatic rings. The first-order chi connectivity index (χ1) is 8.80. The van der Waals surface area contributed by atoms with E-state index >= 15 is 0 Å². The molecule has 0 bridgehead atoms. The van der Waals surface area contributed by atoms with Crippen LogP contribution in [-0.4, -0.2) is 20.9 Å². The molecule has 0 aliphatic heterocycles. The van der Waals surface area contributed by atoms with E-state index in [-0.39, 0.29) is 10.7 Å². The summed E-state index contributed by atoms with van der Waals surface area (Å²) in [4.78, 5) is 10.8.